The van der Waals surface area contributed by atoms with Crippen molar-refractivity contribution >= 4 is 18.0 Å². The summed E-state index contributed by atoms with van der Waals surface area (Å²) in [7, 11) is 0. The van der Waals surface area contributed by atoms with Crippen molar-refractivity contribution in [3.8, 4) is 5.75 Å². The molecule has 2 aliphatic rings. The average Bonchev–Trinajstić information content (AvgIpc) is 2.90. The van der Waals surface area contributed by atoms with E-state index < -0.39 is 11.6 Å². The summed E-state index contributed by atoms with van der Waals surface area (Å²) < 4.78 is 11.0. The molecule has 1 N–H and O–H groups in total. The predicted octanol–water partition coefficient (Wildman–Crippen LogP) is 5.08. The van der Waals surface area contributed by atoms with E-state index in [9.17, 15) is 14.7 Å². The molecule has 0 unspecified atom stereocenters. The second-order valence-corrected chi connectivity index (χ2v) is 9.71. The van der Waals surface area contributed by atoms with Gasteiger partial charge in [-0.1, -0.05) is 44.6 Å². The van der Waals surface area contributed by atoms with Crippen LogP contribution in [-0.2, 0) is 14.3 Å². The van der Waals surface area contributed by atoms with Gasteiger partial charge in [-0.25, -0.2) is 4.79 Å². The third kappa shape index (κ3) is 5.09. The molecule has 5 nitrogen and oxygen atoms in total. The quantitative estimate of drug-likeness (QED) is 0.308. The van der Waals surface area contributed by atoms with Crippen molar-refractivity contribution in [3.63, 3.8) is 0 Å². The molecule has 3 rings (SSSR count). The first-order valence-corrected chi connectivity index (χ1v) is 11.1. The van der Waals surface area contributed by atoms with Crippen molar-refractivity contribution in [1.29, 1.82) is 0 Å². The first kappa shape index (κ1) is 23.3. The molecule has 0 heterocycles. The van der Waals surface area contributed by atoms with Gasteiger partial charge in [0.15, 0.2) is 0 Å². The fourth-order valence-electron chi connectivity index (χ4n) is 5.25. The van der Waals surface area contributed by atoms with Crippen LogP contribution in [0.1, 0.15) is 65.9 Å². The molecule has 0 amide bonds. The van der Waals surface area contributed by atoms with Crippen LogP contribution in [0.5, 0.6) is 5.75 Å². The first-order chi connectivity index (χ1) is 14.5. The van der Waals surface area contributed by atoms with Gasteiger partial charge in [-0.05, 0) is 61.3 Å². The molecule has 0 aromatic heterocycles. The summed E-state index contributed by atoms with van der Waals surface area (Å²) in [4.78, 5) is 23.7. The summed E-state index contributed by atoms with van der Waals surface area (Å²) in [5.74, 6) is -0.343. The Morgan fingerprint density at radius 1 is 1.19 bits per heavy atom. The van der Waals surface area contributed by atoms with Crippen LogP contribution in [0.4, 0.5) is 0 Å². The number of carbonyl (C=O) groups excluding carboxylic acids is 2. The molecule has 31 heavy (non-hydrogen) atoms. The lowest BCUT2D eigenvalue weighted by molar-refractivity contribution is -0.160. The van der Waals surface area contributed by atoms with Gasteiger partial charge in [0, 0.05) is 25.3 Å². The number of hydrogen-bond donors (Lipinski definition) is 1. The lowest BCUT2D eigenvalue weighted by Gasteiger charge is -2.43. The predicted molar refractivity (Wildman–Crippen MR) is 120 cm³/mol. The van der Waals surface area contributed by atoms with E-state index >= 15 is 0 Å². The molecular formula is C26H34O5. The highest BCUT2D eigenvalue weighted by Gasteiger charge is 2.59. The Hall–Kier alpha value is -2.40. The summed E-state index contributed by atoms with van der Waals surface area (Å²) in [6.07, 6.45) is 8.19. The zero-order chi connectivity index (χ0) is 22.8. The van der Waals surface area contributed by atoms with Gasteiger partial charge in [-0.2, -0.15) is 0 Å². The fourth-order valence-corrected chi connectivity index (χ4v) is 5.25. The van der Waals surface area contributed by atoms with Gasteiger partial charge in [-0.15, -0.1) is 0 Å². The molecule has 1 fully saturated rings. The third-order valence-corrected chi connectivity index (χ3v) is 7.02. The van der Waals surface area contributed by atoms with Crippen LogP contribution < -0.4 is 4.74 Å². The van der Waals surface area contributed by atoms with Crippen molar-refractivity contribution in [2.24, 2.45) is 17.3 Å². The topological polar surface area (TPSA) is 72.8 Å². The first-order valence-electron chi connectivity index (χ1n) is 11.1. The molecule has 168 valence electrons. The van der Waals surface area contributed by atoms with E-state index in [1.165, 1.54) is 18.6 Å². The van der Waals surface area contributed by atoms with Crippen molar-refractivity contribution in [2.45, 2.75) is 72.0 Å². The van der Waals surface area contributed by atoms with E-state index in [2.05, 4.69) is 33.8 Å². The third-order valence-electron chi connectivity index (χ3n) is 7.02. The van der Waals surface area contributed by atoms with Gasteiger partial charge in [0.05, 0.1) is 5.60 Å². The Labute approximate surface area is 185 Å². The van der Waals surface area contributed by atoms with Crippen molar-refractivity contribution in [3.05, 3.63) is 47.6 Å². The summed E-state index contributed by atoms with van der Waals surface area (Å²) in [6, 6.07) is 6.90. The maximum Gasteiger partial charge on any atom is 0.331 e. The standard InChI is InChI=1S/C26H34O5/c1-17(2)26(29)15-14-25(5)13-12-18(3)16-22(24(25)26)31-23(28)11-8-20-6-9-21(10-7-20)30-19(4)27/h6-12,17,22,24,29H,13-16H2,1-5H3/t22-,24+,25-,26+/m0/s1. The van der Waals surface area contributed by atoms with Crippen LogP contribution >= 0.6 is 0 Å². The minimum absolute atomic E-state index is 0.0853. The van der Waals surface area contributed by atoms with Crippen LogP contribution in [-0.4, -0.2) is 28.8 Å². The second-order valence-electron chi connectivity index (χ2n) is 9.71. The van der Waals surface area contributed by atoms with Crippen LogP contribution in [0.3, 0.4) is 0 Å². The van der Waals surface area contributed by atoms with Gasteiger partial charge in [0.2, 0.25) is 0 Å². The van der Waals surface area contributed by atoms with E-state index in [-0.39, 0.29) is 29.3 Å². The Balaban J connectivity index is 1.75. The van der Waals surface area contributed by atoms with Crippen molar-refractivity contribution in [1.82, 2.24) is 0 Å². The van der Waals surface area contributed by atoms with Crippen LogP contribution in [0.15, 0.2) is 42.0 Å². The molecule has 0 bridgehead atoms. The molecule has 4 atom stereocenters. The summed E-state index contributed by atoms with van der Waals surface area (Å²) in [5, 5.41) is 11.6. The number of hydrogen-bond acceptors (Lipinski definition) is 5. The molecule has 0 aliphatic heterocycles. The van der Waals surface area contributed by atoms with E-state index in [0.717, 1.165) is 24.8 Å². The van der Waals surface area contributed by atoms with Crippen molar-refractivity contribution in [2.75, 3.05) is 0 Å². The minimum Gasteiger partial charge on any atom is -0.458 e. The maximum atomic E-state index is 12.7. The van der Waals surface area contributed by atoms with Gasteiger partial charge >= 0.3 is 11.9 Å². The molecule has 0 spiro atoms. The number of rotatable bonds is 5. The Morgan fingerprint density at radius 2 is 1.87 bits per heavy atom. The highest BCUT2D eigenvalue weighted by atomic mass is 16.5. The molecular weight excluding hydrogens is 392 g/mol. The zero-order valence-corrected chi connectivity index (χ0v) is 19.2. The summed E-state index contributed by atoms with van der Waals surface area (Å²) in [6.45, 7) is 9.74. The maximum absolute atomic E-state index is 12.7. The van der Waals surface area contributed by atoms with Gasteiger partial charge in [0.1, 0.15) is 11.9 Å². The highest BCUT2D eigenvalue weighted by Crippen LogP contribution is 2.58. The van der Waals surface area contributed by atoms with Gasteiger partial charge in [0.25, 0.3) is 0 Å². The van der Waals surface area contributed by atoms with Crippen molar-refractivity contribution < 1.29 is 24.2 Å². The Bertz CT molecular complexity index is 882. The second kappa shape index (κ2) is 8.99. The smallest absolute Gasteiger partial charge is 0.331 e. The Morgan fingerprint density at radius 3 is 2.48 bits per heavy atom. The largest absolute Gasteiger partial charge is 0.458 e. The minimum atomic E-state index is -0.839. The molecule has 0 radical (unpaired) electrons. The molecule has 2 aliphatic carbocycles. The van der Waals surface area contributed by atoms with E-state index in [4.69, 9.17) is 9.47 Å². The zero-order valence-electron chi connectivity index (χ0n) is 19.2. The highest BCUT2D eigenvalue weighted by molar-refractivity contribution is 5.87. The summed E-state index contributed by atoms with van der Waals surface area (Å²) in [5.41, 5.74) is 1.07. The molecule has 5 heteroatoms. The lowest BCUT2D eigenvalue weighted by atomic mass is 9.67. The van der Waals surface area contributed by atoms with Gasteiger partial charge in [-0.3, -0.25) is 4.79 Å². The van der Waals surface area contributed by atoms with Crippen LogP contribution in [0.25, 0.3) is 6.08 Å². The summed E-state index contributed by atoms with van der Waals surface area (Å²) >= 11 is 0. The number of esters is 2. The lowest BCUT2D eigenvalue weighted by Crippen LogP contribution is -2.50. The monoisotopic (exact) mass is 426 g/mol. The number of aliphatic hydroxyl groups is 1. The SMILES string of the molecule is CC(=O)Oc1ccc(C=CC(=O)O[C@H]2CC(C)=CC[C@@]3(C)CC[C@@](O)(C(C)C)[C@H]23)cc1. The average molecular weight is 427 g/mol. The van der Waals surface area contributed by atoms with E-state index in [1.807, 2.05) is 0 Å². The number of benzene rings is 1. The number of allylic oxidation sites excluding steroid dienone is 1. The van der Waals surface area contributed by atoms with Gasteiger partial charge < -0.3 is 14.6 Å². The normalized spacial score (nSPS) is 30.6. The fraction of sp³-hybridized carbons (Fsp3) is 0.538. The molecule has 1 saturated carbocycles. The van der Waals surface area contributed by atoms with E-state index in [1.54, 1.807) is 30.3 Å². The molecule has 1 aromatic carbocycles. The van der Waals surface area contributed by atoms with Crippen LogP contribution in [0.2, 0.25) is 0 Å². The number of carbonyl (C=O) groups is 2. The van der Waals surface area contributed by atoms with Crippen LogP contribution in [0, 0.1) is 17.3 Å². The number of ether oxygens (including phenoxy) is 2. The van der Waals surface area contributed by atoms with E-state index in [0.29, 0.717) is 12.2 Å². The molecule has 1 aromatic rings. The molecule has 0 saturated heterocycles. The number of fused-ring (bicyclic) bond motifs is 1. The Kier molecular flexibility index (Phi) is 6.75.